The van der Waals surface area contributed by atoms with Crippen molar-refractivity contribution in [3.05, 3.63) is 305 Å². The SMILES string of the molecule is C=C1/C=C\C=C/Cc2c(N(c3ccc(-c4ccccc4)cc3)c3ccc4c(c3)C(c3ccccc3)(c3ccccc3)c3ccccc3-4)cccc2C12c1ccccc1Oc1ccccc12. The van der Waals surface area contributed by atoms with E-state index in [1.165, 1.54) is 55.6 Å². The Morgan fingerprint density at radius 3 is 1.63 bits per heavy atom. The summed E-state index contributed by atoms with van der Waals surface area (Å²) in [7, 11) is 0. The predicted molar refractivity (Wildman–Crippen MR) is 268 cm³/mol. The lowest BCUT2D eigenvalue weighted by atomic mass is 9.62. The van der Waals surface area contributed by atoms with Crippen LogP contribution in [0.4, 0.5) is 17.1 Å². The number of hydrogen-bond donors (Lipinski definition) is 0. The van der Waals surface area contributed by atoms with E-state index >= 15 is 0 Å². The Kier molecular flexibility index (Phi) is 9.21. The van der Waals surface area contributed by atoms with Gasteiger partial charge in [-0.3, -0.25) is 0 Å². The number of rotatable bonds is 6. The Balaban J connectivity index is 1.15. The molecule has 308 valence electrons. The molecule has 0 radical (unpaired) electrons. The molecule has 0 saturated carbocycles. The minimum Gasteiger partial charge on any atom is -0.457 e. The van der Waals surface area contributed by atoms with E-state index in [2.05, 4.69) is 254 Å². The first-order valence-corrected chi connectivity index (χ1v) is 22.5. The summed E-state index contributed by atoms with van der Waals surface area (Å²) in [5, 5.41) is 0. The van der Waals surface area contributed by atoms with Gasteiger partial charge in [0.15, 0.2) is 0 Å². The van der Waals surface area contributed by atoms with Crippen LogP contribution >= 0.6 is 0 Å². The van der Waals surface area contributed by atoms with Gasteiger partial charge in [0.2, 0.25) is 0 Å². The molecule has 12 rings (SSSR count). The van der Waals surface area contributed by atoms with Crippen molar-refractivity contribution in [2.45, 2.75) is 17.3 Å². The van der Waals surface area contributed by atoms with E-state index in [0.29, 0.717) is 6.42 Å². The molecular weight excluding hydrogens is 787 g/mol. The molecule has 1 spiro atoms. The smallest absolute Gasteiger partial charge is 0.132 e. The van der Waals surface area contributed by atoms with Gasteiger partial charge in [0.25, 0.3) is 0 Å². The molecule has 0 unspecified atom stereocenters. The molecule has 0 amide bonds. The molecule has 9 aromatic rings. The Labute approximate surface area is 381 Å². The minimum absolute atomic E-state index is 0.553. The van der Waals surface area contributed by atoms with Crippen LogP contribution in [0, 0.1) is 0 Å². The van der Waals surface area contributed by atoms with Gasteiger partial charge in [-0.2, -0.15) is 0 Å². The summed E-state index contributed by atoms with van der Waals surface area (Å²) in [4.78, 5) is 2.49. The van der Waals surface area contributed by atoms with Crippen LogP contribution in [0.5, 0.6) is 11.5 Å². The molecular formula is C63H45NO. The van der Waals surface area contributed by atoms with Gasteiger partial charge in [0, 0.05) is 28.2 Å². The molecule has 0 bridgehead atoms. The number of benzene rings is 9. The molecule has 1 aliphatic heterocycles. The van der Waals surface area contributed by atoms with Crippen LogP contribution < -0.4 is 9.64 Å². The third-order valence-corrected chi connectivity index (χ3v) is 13.9. The molecule has 3 aliphatic rings. The minimum atomic E-state index is -0.739. The largest absolute Gasteiger partial charge is 0.457 e. The molecule has 65 heavy (non-hydrogen) atoms. The van der Waals surface area contributed by atoms with Gasteiger partial charge in [0.05, 0.1) is 10.8 Å². The van der Waals surface area contributed by atoms with Crippen molar-refractivity contribution in [2.75, 3.05) is 4.90 Å². The lowest BCUT2D eigenvalue weighted by molar-refractivity contribution is 0.434. The van der Waals surface area contributed by atoms with E-state index in [1.54, 1.807) is 0 Å². The summed E-state index contributed by atoms with van der Waals surface area (Å²) in [5.74, 6) is 1.68. The van der Waals surface area contributed by atoms with Gasteiger partial charge in [-0.25, -0.2) is 0 Å². The van der Waals surface area contributed by atoms with Gasteiger partial charge >= 0.3 is 0 Å². The third-order valence-electron chi connectivity index (χ3n) is 13.9. The Hall–Kier alpha value is -8.20. The van der Waals surface area contributed by atoms with E-state index in [1.807, 2.05) is 0 Å². The summed E-state index contributed by atoms with van der Waals surface area (Å²) in [6.45, 7) is 4.90. The summed E-state index contributed by atoms with van der Waals surface area (Å²) in [5.41, 5.74) is 17.4. The molecule has 0 fully saturated rings. The summed E-state index contributed by atoms with van der Waals surface area (Å²) in [6.07, 6.45) is 9.47. The topological polar surface area (TPSA) is 12.5 Å². The fraction of sp³-hybridized carbons (Fsp3) is 0.0476. The lowest BCUT2D eigenvalue weighted by Gasteiger charge is -2.43. The van der Waals surface area contributed by atoms with Crippen molar-refractivity contribution < 1.29 is 4.74 Å². The molecule has 0 aromatic heterocycles. The average molecular weight is 832 g/mol. The zero-order chi connectivity index (χ0) is 43.4. The summed E-state index contributed by atoms with van der Waals surface area (Å²) >= 11 is 0. The highest BCUT2D eigenvalue weighted by Gasteiger charge is 2.48. The van der Waals surface area contributed by atoms with Gasteiger partial charge in [-0.15, -0.1) is 0 Å². The van der Waals surface area contributed by atoms with E-state index in [9.17, 15) is 0 Å². The quantitative estimate of drug-likeness (QED) is 0.165. The molecule has 0 saturated heterocycles. The number of allylic oxidation sites excluding steroid dienone is 5. The maximum Gasteiger partial charge on any atom is 0.132 e. The molecule has 0 atom stereocenters. The fourth-order valence-corrected chi connectivity index (χ4v) is 11.1. The number of ether oxygens (including phenoxy) is 1. The standard InChI is InChI=1S/C63H45NO/c1-44-21-6-2-13-29-53-55(62(44)56-31-16-18-35-60(56)65-61-36-19-17-32-57(61)62)33-20-34-59(53)64(49-39-37-46(38-40-49)45-22-7-3-8-23-45)50-41-42-52-51-28-14-15-30-54(51)63(58(52)43-50,47-24-9-4-10-25-47)48-26-11-5-12-27-48/h2-28,30-43H,1,29H2/b13-2-,21-6-. The Bertz CT molecular complexity index is 3240. The summed E-state index contributed by atoms with van der Waals surface area (Å²) < 4.78 is 6.71. The van der Waals surface area contributed by atoms with E-state index in [0.717, 1.165) is 45.3 Å². The molecule has 2 nitrogen and oxygen atoms in total. The normalized spacial score (nSPS) is 15.7. The van der Waals surface area contributed by atoms with E-state index in [4.69, 9.17) is 11.3 Å². The van der Waals surface area contributed by atoms with Crippen molar-refractivity contribution in [1.29, 1.82) is 0 Å². The van der Waals surface area contributed by atoms with Crippen molar-refractivity contribution in [3.8, 4) is 33.8 Å². The van der Waals surface area contributed by atoms with Gasteiger partial charge in [0.1, 0.15) is 11.5 Å². The number of nitrogens with zero attached hydrogens (tertiary/aromatic N) is 1. The van der Waals surface area contributed by atoms with Gasteiger partial charge < -0.3 is 9.64 Å². The molecule has 1 heterocycles. The van der Waals surface area contributed by atoms with Crippen LogP contribution in [0.25, 0.3) is 22.3 Å². The first kappa shape index (κ1) is 38.5. The van der Waals surface area contributed by atoms with Crippen molar-refractivity contribution in [2.24, 2.45) is 0 Å². The van der Waals surface area contributed by atoms with Crippen LogP contribution in [0.2, 0.25) is 0 Å². The highest BCUT2D eigenvalue weighted by molar-refractivity contribution is 5.90. The first-order valence-electron chi connectivity index (χ1n) is 22.5. The Morgan fingerprint density at radius 2 is 0.954 bits per heavy atom. The highest BCUT2D eigenvalue weighted by atomic mass is 16.5. The monoisotopic (exact) mass is 831 g/mol. The maximum atomic E-state index is 6.71. The Morgan fingerprint density at radius 1 is 0.415 bits per heavy atom. The van der Waals surface area contributed by atoms with Crippen molar-refractivity contribution >= 4 is 17.1 Å². The van der Waals surface area contributed by atoms with Gasteiger partial charge in [-0.1, -0.05) is 213 Å². The number of anilines is 3. The highest BCUT2D eigenvalue weighted by Crippen LogP contribution is 2.59. The first-order chi connectivity index (χ1) is 32.2. The second kappa shape index (κ2) is 15.6. The second-order valence-corrected chi connectivity index (χ2v) is 17.2. The molecule has 9 aromatic carbocycles. The van der Waals surface area contributed by atoms with Crippen molar-refractivity contribution in [1.82, 2.24) is 0 Å². The molecule has 2 heteroatoms. The van der Waals surface area contributed by atoms with Crippen LogP contribution in [0.3, 0.4) is 0 Å². The van der Waals surface area contributed by atoms with Crippen LogP contribution in [-0.2, 0) is 17.3 Å². The number of para-hydroxylation sites is 2. The third kappa shape index (κ3) is 5.88. The predicted octanol–water partition coefficient (Wildman–Crippen LogP) is 15.9. The van der Waals surface area contributed by atoms with Crippen LogP contribution in [-0.4, -0.2) is 0 Å². The maximum absolute atomic E-state index is 6.71. The van der Waals surface area contributed by atoms with E-state index < -0.39 is 10.8 Å². The van der Waals surface area contributed by atoms with E-state index in [-0.39, 0.29) is 0 Å². The molecule has 0 N–H and O–H groups in total. The van der Waals surface area contributed by atoms with Crippen LogP contribution in [0.1, 0.15) is 44.5 Å². The summed E-state index contributed by atoms with van der Waals surface area (Å²) in [6, 6.07) is 81.8. The average Bonchev–Trinajstić information content (AvgIpc) is 3.70. The zero-order valence-corrected chi connectivity index (χ0v) is 35.9. The van der Waals surface area contributed by atoms with Crippen molar-refractivity contribution in [3.63, 3.8) is 0 Å². The zero-order valence-electron chi connectivity index (χ0n) is 35.9. The van der Waals surface area contributed by atoms with Crippen LogP contribution in [0.15, 0.2) is 261 Å². The molecule has 2 aliphatic carbocycles. The van der Waals surface area contributed by atoms with Gasteiger partial charge in [-0.05, 0) is 110 Å². The number of hydrogen-bond acceptors (Lipinski definition) is 2. The fourth-order valence-electron chi connectivity index (χ4n) is 11.1. The second-order valence-electron chi connectivity index (χ2n) is 17.2. The number of fused-ring (bicyclic) bond motifs is 9. The lowest BCUT2D eigenvalue weighted by Crippen LogP contribution is -2.35.